The maximum Gasteiger partial charge on any atom is 0.163 e. The van der Waals surface area contributed by atoms with E-state index in [0.717, 1.165) is 16.2 Å². The van der Waals surface area contributed by atoms with Crippen molar-refractivity contribution in [1.29, 1.82) is 0 Å². The Morgan fingerprint density at radius 3 is 2.17 bits per heavy atom. The Balaban J connectivity index is 2.47. The summed E-state index contributed by atoms with van der Waals surface area (Å²) >= 11 is 0. The largest absolute Gasteiger partial charge is 0.775 e. The molecule has 1 atom stereocenters. The lowest BCUT2D eigenvalue weighted by Gasteiger charge is -2.18. The van der Waals surface area contributed by atoms with Crippen LogP contribution in [0, 0.1) is 0 Å². The molecule has 4 heteroatoms. The second kappa shape index (κ2) is 3.92. The van der Waals surface area contributed by atoms with Gasteiger partial charge < -0.3 is 14.4 Å². The van der Waals surface area contributed by atoms with Crippen LogP contribution >= 0.6 is 7.60 Å². The molecule has 1 unspecified atom stereocenters. The monoisotopic (exact) mass is 257 g/mol. The van der Waals surface area contributed by atoms with Crippen LogP contribution in [0.25, 0.3) is 21.5 Å². The summed E-state index contributed by atoms with van der Waals surface area (Å²) in [5, 5.41) is 3.32. The summed E-state index contributed by atoms with van der Waals surface area (Å²) in [4.78, 5) is 20.6. The molecular formula is C14H10O3P-. The highest BCUT2D eigenvalue weighted by Crippen LogP contribution is 2.33. The van der Waals surface area contributed by atoms with Gasteiger partial charge in [0.05, 0.1) is 0 Å². The molecule has 90 valence electrons. The standard InChI is InChI=1S/C14H11O3P/c15-18(16,17)14-7-3-6-12-8-10-4-1-2-5-11(10)9-13(12)14/h1-9H,(H2,15,16,17)/p-1. The van der Waals surface area contributed by atoms with Crippen LogP contribution in [0.4, 0.5) is 0 Å². The summed E-state index contributed by atoms with van der Waals surface area (Å²) in [7, 11) is -4.49. The van der Waals surface area contributed by atoms with Crippen molar-refractivity contribution in [3.05, 3.63) is 54.6 Å². The first-order valence-electron chi connectivity index (χ1n) is 5.51. The van der Waals surface area contributed by atoms with Gasteiger partial charge in [-0.1, -0.05) is 36.4 Å². The van der Waals surface area contributed by atoms with E-state index in [0.29, 0.717) is 5.39 Å². The highest BCUT2D eigenvalue weighted by molar-refractivity contribution is 7.59. The lowest BCUT2D eigenvalue weighted by molar-refractivity contribution is -0.188. The molecule has 0 aliphatic heterocycles. The van der Waals surface area contributed by atoms with Gasteiger partial charge in [-0.15, -0.1) is 0 Å². The zero-order chi connectivity index (χ0) is 12.8. The van der Waals surface area contributed by atoms with E-state index >= 15 is 0 Å². The normalized spacial score (nSPS) is 14.8. The Morgan fingerprint density at radius 2 is 1.50 bits per heavy atom. The van der Waals surface area contributed by atoms with Gasteiger partial charge in [-0.2, -0.15) is 0 Å². The number of benzene rings is 3. The molecule has 0 saturated carbocycles. The molecule has 0 radical (unpaired) electrons. The average Bonchev–Trinajstić information content (AvgIpc) is 2.34. The van der Waals surface area contributed by atoms with Gasteiger partial charge in [-0.3, -0.25) is 0 Å². The molecule has 3 aromatic rings. The number of hydrogen-bond acceptors (Lipinski definition) is 2. The predicted octanol–water partition coefficient (Wildman–Crippen LogP) is 2.16. The van der Waals surface area contributed by atoms with E-state index in [1.165, 1.54) is 6.07 Å². The minimum Gasteiger partial charge on any atom is -0.775 e. The van der Waals surface area contributed by atoms with E-state index in [2.05, 4.69) is 0 Å². The predicted molar refractivity (Wildman–Crippen MR) is 70.9 cm³/mol. The summed E-state index contributed by atoms with van der Waals surface area (Å²) in [5.41, 5.74) is 0. The van der Waals surface area contributed by atoms with Crippen LogP contribution in [0.5, 0.6) is 0 Å². The smallest absolute Gasteiger partial charge is 0.163 e. The molecule has 18 heavy (non-hydrogen) atoms. The van der Waals surface area contributed by atoms with Crippen molar-refractivity contribution in [2.45, 2.75) is 0 Å². The molecule has 1 N–H and O–H groups in total. The van der Waals surface area contributed by atoms with E-state index in [4.69, 9.17) is 0 Å². The molecule has 0 spiro atoms. The second-order valence-electron chi connectivity index (χ2n) is 4.22. The Labute approximate surface area is 104 Å². The summed E-state index contributed by atoms with van der Waals surface area (Å²) in [6.45, 7) is 0. The lowest BCUT2D eigenvalue weighted by atomic mass is 10.0. The summed E-state index contributed by atoms with van der Waals surface area (Å²) in [5.74, 6) is 0. The van der Waals surface area contributed by atoms with E-state index < -0.39 is 7.60 Å². The van der Waals surface area contributed by atoms with Crippen LogP contribution in [0.3, 0.4) is 0 Å². The third-order valence-electron chi connectivity index (χ3n) is 3.03. The third kappa shape index (κ3) is 1.83. The van der Waals surface area contributed by atoms with Crippen molar-refractivity contribution in [2.24, 2.45) is 0 Å². The van der Waals surface area contributed by atoms with Crippen molar-refractivity contribution in [3.63, 3.8) is 0 Å². The molecule has 0 aliphatic carbocycles. The number of hydrogen-bond donors (Lipinski definition) is 1. The van der Waals surface area contributed by atoms with Crippen molar-refractivity contribution in [3.8, 4) is 0 Å². The van der Waals surface area contributed by atoms with Crippen molar-refractivity contribution < 1.29 is 14.4 Å². The van der Waals surface area contributed by atoms with Gasteiger partial charge in [-0.05, 0) is 39.7 Å². The Morgan fingerprint density at radius 1 is 0.889 bits per heavy atom. The van der Waals surface area contributed by atoms with E-state index in [9.17, 15) is 14.4 Å². The molecule has 0 amide bonds. The van der Waals surface area contributed by atoms with Gasteiger partial charge >= 0.3 is 0 Å². The number of rotatable bonds is 1. The van der Waals surface area contributed by atoms with Crippen molar-refractivity contribution in [2.75, 3.05) is 0 Å². The average molecular weight is 257 g/mol. The topological polar surface area (TPSA) is 60.4 Å². The maximum absolute atomic E-state index is 11.4. The minimum absolute atomic E-state index is 0.0225. The zero-order valence-corrected chi connectivity index (χ0v) is 10.3. The molecule has 3 nitrogen and oxygen atoms in total. The molecule has 0 aliphatic rings. The van der Waals surface area contributed by atoms with Crippen LogP contribution in [0.2, 0.25) is 0 Å². The van der Waals surface area contributed by atoms with Crippen LogP contribution < -0.4 is 10.2 Å². The summed E-state index contributed by atoms with van der Waals surface area (Å²) in [6, 6.07) is 16.3. The fourth-order valence-electron chi connectivity index (χ4n) is 2.20. The summed E-state index contributed by atoms with van der Waals surface area (Å²) < 4.78 is 11.4. The quantitative estimate of drug-likeness (QED) is 0.536. The molecular weight excluding hydrogens is 247 g/mol. The molecule has 0 aromatic heterocycles. The highest BCUT2D eigenvalue weighted by Gasteiger charge is 2.11. The van der Waals surface area contributed by atoms with Crippen LogP contribution in [-0.4, -0.2) is 4.89 Å². The van der Waals surface area contributed by atoms with E-state index in [1.807, 2.05) is 36.4 Å². The molecule has 3 rings (SSSR count). The molecule has 3 aromatic carbocycles. The first kappa shape index (κ1) is 11.4. The van der Waals surface area contributed by atoms with Crippen LogP contribution in [-0.2, 0) is 4.57 Å². The van der Waals surface area contributed by atoms with Gasteiger partial charge in [-0.25, -0.2) is 0 Å². The van der Waals surface area contributed by atoms with Crippen molar-refractivity contribution in [1.82, 2.24) is 0 Å². The Bertz CT molecular complexity index is 789. The molecule has 0 bridgehead atoms. The Hall–Kier alpha value is -1.67. The molecule has 0 fully saturated rings. The minimum atomic E-state index is -4.49. The van der Waals surface area contributed by atoms with Crippen LogP contribution in [0.1, 0.15) is 0 Å². The highest BCUT2D eigenvalue weighted by atomic mass is 31.2. The molecule has 0 saturated heterocycles. The fourth-order valence-corrected chi connectivity index (χ4v) is 2.97. The Kier molecular flexibility index (Phi) is 2.49. The SMILES string of the molecule is O=P([O-])(O)c1cccc2cc3ccccc3cc12. The van der Waals surface area contributed by atoms with Gasteiger partial charge in [0, 0.05) is 5.30 Å². The number of fused-ring (bicyclic) bond motifs is 2. The summed E-state index contributed by atoms with van der Waals surface area (Å²) in [6.07, 6.45) is 0. The fraction of sp³-hybridized carbons (Fsp3) is 0. The van der Waals surface area contributed by atoms with Gasteiger partial charge in [0.15, 0.2) is 7.60 Å². The third-order valence-corrected chi connectivity index (χ3v) is 4.03. The molecule has 0 heterocycles. The van der Waals surface area contributed by atoms with Gasteiger partial charge in [0.1, 0.15) is 0 Å². The van der Waals surface area contributed by atoms with Gasteiger partial charge in [0.2, 0.25) is 0 Å². The zero-order valence-electron chi connectivity index (χ0n) is 9.41. The van der Waals surface area contributed by atoms with Crippen molar-refractivity contribution >= 4 is 34.4 Å². The lowest BCUT2D eigenvalue weighted by Crippen LogP contribution is -2.15. The van der Waals surface area contributed by atoms with Gasteiger partial charge in [0.25, 0.3) is 0 Å². The maximum atomic E-state index is 11.4. The van der Waals surface area contributed by atoms with E-state index in [-0.39, 0.29) is 5.30 Å². The first-order chi connectivity index (χ1) is 8.55. The first-order valence-corrected chi connectivity index (χ1v) is 7.09. The van der Waals surface area contributed by atoms with E-state index in [1.54, 1.807) is 12.1 Å². The van der Waals surface area contributed by atoms with Crippen LogP contribution in [0.15, 0.2) is 54.6 Å². The second-order valence-corrected chi connectivity index (χ2v) is 5.74.